The minimum Gasteiger partial charge on any atom is -0.382 e. The van der Waals surface area contributed by atoms with Crippen LogP contribution in [0.25, 0.3) is 11.0 Å². The van der Waals surface area contributed by atoms with Gasteiger partial charge in [0, 0.05) is 19.7 Å². The number of aromatic nitrogens is 2. The van der Waals surface area contributed by atoms with Crippen LogP contribution in [0.1, 0.15) is 0 Å². The van der Waals surface area contributed by atoms with E-state index in [2.05, 4.69) is 4.98 Å². The molecule has 1 aromatic carbocycles. The number of fused-ring (bicyclic) bond motifs is 1. The molecular formula is C12H14FIN2O2S. The number of hydrogen-bond acceptors (Lipinski definition) is 3. The molecule has 1 heterocycles. The van der Waals surface area contributed by atoms with E-state index in [0.717, 1.165) is 11.0 Å². The topological polar surface area (TPSA) is 39.2 Å². The fourth-order valence-corrected chi connectivity index (χ4v) is 2.54. The fraction of sp³-hybridized carbons (Fsp3) is 0.417. The van der Waals surface area contributed by atoms with Crippen molar-refractivity contribution in [3.8, 4) is 0 Å². The third-order valence-electron chi connectivity index (χ3n) is 2.71. The smallest absolute Gasteiger partial charge is 0.178 e. The number of methoxy groups -OCH3 is 1. The number of benzene rings is 1. The van der Waals surface area contributed by atoms with Gasteiger partial charge in [-0.1, -0.05) is 0 Å². The van der Waals surface area contributed by atoms with Crippen molar-refractivity contribution in [1.29, 1.82) is 0 Å². The van der Waals surface area contributed by atoms with Crippen LogP contribution in [0.2, 0.25) is 0 Å². The molecule has 2 rings (SSSR count). The van der Waals surface area contributed by atoms with Crippen LogP contribution in [-0.4, -0.2) is 36.5 Å². The van der Waals surface area contributed by atoms with E-state index in [1.807, 2.05) is 27.2 Å². The van der Waals surface area contributed by atoms with E-state index in [4.69, 9.17) is 21.7 Å². The molecule has 0 saturated carbocycles. The van der Waals surface area contributed by atoms with E-state index in [1.54, 1.807) is 13.2 Å². The molecule has 1 aromatic heterocycles. The molecule has 0 bridgehead atoms. The monoisotopic (exact) mass is 396 g/mol. The summed E-state index contributed by atoms with van der Waals surface area (Å²) < 4.78 is 26.9. The van der Waals surface area contributed by atoms with E-state index >= 15 is 0 Å². The van der Waals surface area contributed by atoms with Gasteiger partial charge in [-0.25, -0.2) is 4.39 Å². The Kier molecular flexibility index (Phi) is 5.31. The fourth-order valence-electron chi connectivity index (χ4n) is 1.77. The Balaban J connectivity index is 2.16. The lowest BCUT2D eigenvalue weighted by Crippen LogP contribution is -2.09. The first-order valence-electron chi connectivity index (χ1n) is 5.77. The summed E-state index contributed by atoms with van der Waals surface area (Å²) in [6.07, 6.45) is 0. The summed E-state index contributed by atoms with van der Waals surface area (Å²) in [6, 6.07) is 3.25. The molecular weight excluding hydrogens is 382 g/mol. The number of rotatable bonds is 6. The van der Waals surface area contributed by atoms with Crippen LogP contribution in [0.5, 0.6) is 0 Å². The van der Waals surface area contributed by atoms with Crippen LogP contribution in [0.4, 0.5) is 4.39 Å². The molecule has 19 heavy (non-hydrogen) atoms. The number of nitrogens with zero attached hydrogens (tertiary/aromatic N) is 1. The molecule has 0 fully saturated rings. The molecule has 104 valence electrons. The van der Waals surface area contributed by atoms with Crippen molar-refractivity contribution in [3.63, 3.8) is 0 Å². The number of ether oxygens (including phenoxy) is 2. The maximum absolute atomic E-state index is 13.6. The van der Waals surface area contributed by atoms with Gasteiger partial charge in [0.25, 0.3) is 0 Å². The van der Waals surface area contributed by atoms with Crippen LogP contribution < -0.4 is 0 Å². The summed E-state index contributed by atoms with van der Waals surface area (Å²) in [5.41, 5.74) is 1.60. The third-order valence-corrected chi connectivity index (χ3v) is 3.86. The molecule has 0 aliphatic carbocycles. The lowest BCUT2D eigenvalue weighted by Gasteiger charge is -2.06. The second-order valence-corrected chi connectivity index (χ2v) is 5.52. The van der Waals surface area contributed by atoms with Crippen molar-refractivity contribution in [2.75, 3.05) is 26.9 Å². The van der Waals surface area contributed by atoms with Gasteiger partial charge in [-0.2, -0.15) is 0 Å². The normalized spacial score (nSPS) is 11.3. The highest BCUT2D eigenvalue weighted by atomic mass is 127. The third kappa shape index (κ3) is 3.53. The van der Waals surface area contributed by atoms with Gasteiger partial charge in [-0.15, -0.1) is 0 Å². The zero-order chi connectivity index (χ0) is 13.8. The van der Waals surface area contributed by atoms with Crippen LogP contribution in [0.15, 0.2) is 12.1 Å². The number of aromatic amines is 1. The van der Waals surface area contributed by atoms with E-state index in [0.29, 0.717) is 34.7 Å². The predicted molar refractivity (Wildman–Crippen MR) is 82.5 cm³/mol. The molecule has 0 unspecified atom stereocenters. The molecule has 7 heteroatoms. The minimum absolute atomic E-state index is 0.240. The standard InChI is InChI=1S/C12H14FIN2O2S/c1-17-4-5-18-3-2-16-11-6-8(13)9(14)7-10(11)15-12(16)19/h6-7H,2-5H2,1H3,(H,15,19). The largest absolute Gasteiger partial charge is 0.382 e. The molecule has 0 atom stereocenters. The Bertz CT molecular complexity index is 626. The second-order valence-electron chi connectivity index (χ2n) is 3.97. The van der Waals surface area contributed by atoms with Gasteiger partial charge < -0.3 is 19.0 Å². The number of nitrogens with one attached hydrogen (secondary N) is 1. The summed E-state index contributed by atoms with van der Waals surface area (Å²) in [5.74, 6) is -0.240. The zero-order valence-corrected chi connectivity index (χ0v) is 13.4. The first kappa shape index (κ1) is 14.9. The molecule has 0 spiro atoms. The van der Waals surface area contributed by atoms with Gasteiger partial charge in [0.05, 0.1) is 34.4 Å². The quantitative estimate of drug-likeness (QED) is 0.464. The van der Waals surface area contributed by atoms with Crippen LogP contribution in [-0.2, 0) is 16.0 Å². The van der Waals surface area contributed by atoms with Gasteiger partial charge in [-0.3, -0.25) is 0 Å². The van der Waals surface area contributed by atoms with Crippen molar-refractivity contribution < 1.29 is 13.9 Å². The van der Waals surface area contributed by atoms with Gasteiger partial charge in [0.15, 0.2) is 4.77 Å². The molecule has 4 nitrogen and oxygen atoms in total. The Morgan fingerprint density at radius 3 is 2.89 bits per heavy atom. The zero-order valence-electron chi connectivity index (χ0n) is 10.4. The van der Waals surface area contributed by atoms with E-state index in [-0.39, 0.29) is 5.82 Å². The average Bonchev–Trinajstić information content (AvgIpc) is 2.66. The molecule has 0 saturated heterocycles. The van der Waals surface area contributed by atoms with E-state index < -0.39 is 0 Å². The maximum Gasteiger partial charge on any atom is 0.178 e. The summed E-state index contributed by atoms with van der Waals surface area (Å²) in [6.45, 7) is 2.20. The molecule has 0 aliphatic heterocycles. The maximum atomic E-state index is 13.6. The number of imidazole rings is 1. The highest BCUT2D eigenvalue weighted by Gasteiger charge is 2.08. The van der Waals surface area contributed by atoms with Crippen molar-refractivity contribution >= 4 is 45.8 Å². The Hall–Kier alpha value is -0.510. The molecule has 0 radical (unpaired) electrons. The molecule has 2 aromatic rings. The van der Waals surface area contributed by atoms with Crippen LogP contribution in [0.3, 0.4) is 0 Å². The van der Waals surface area contributed by atoms with E-state index in [1.165, 1.54) is 6.07 Å². The highest BCUT2D eigenvalue weighted by molar-refractivity contribution is 14.1. The van der Waals surface area contributed by atoms with Crippen molar-refractivity contribution in [3.05, 3.63) is 26.3 Å². The number of halogens is 2. The molecule has 0 aliphatic rings. The van der Waals surface area contributed by atoms with Crippen LogP contribution >= 0.6 is 34.8 Å². The molecule has 1 N–H and O–H groups in total. The van der Waals surface area contributed by atoms with Gasteiger partial charge in [0.1, 0.15) is 5.82 Å². The summed E-state index contributed by atoms with van der Waals surface area (Å²) in [7, 11) is 1.63. The Morgan fingerprint density at radius 1 is 1.37 bits per heavy atom. The van der Waals surface area contributed by atoms with Crippen molar-refractivity contribution in [2.45, 2.75) is 6.54 Å². The van der Waals surface area contributed by atoms with Crippen molar-refractivity contribution in [1.82, 2.24) is 9.55 Å². The summed E-state index contributed by atoms with van der Waals surface area (Å²) in [4.78, 5) is 3.07. The SMILES string of the molecule is COCCOCCn1c(=S)[nH]c2cc(I)c(F)cc21. The second kappa shape index (κ2) is 6.78. The first-order valence-corrected chi connectivity index (χ1v) is 7.26. The minimum atomic E-state index is -0.240. The average molecular weight is 396 g/mol. The lowest BCUT2D eigenvalue weighted by molar-refractivity contribution is 0.0668. The first-order chi connectivity index (χ1) is 9.13. The summed E-state index contributed by atoms with van der Waals surface area (Å²) in [5, 5.41) is 0. The van der Waals surface area contributed by atoms with Gasteiger partial charge in [0.2, 0.25) is 0 Å². The molecule has 0 amide bonds. The highest BCUT2D eigenvalue weighted by Crippen LogP contribution is 2.20. The van der Waals surface area contributed by atoms with Crippen molar-refractivity contribution in [2.24, 2.45) is 0 Å². The Labute approximate surface area is 129 Å². The lowest BCUT2D eigenvalue weighted by atomic mass is 10.3. The van der Waals surface area contributed by atoms with E-state index in [9.17, 15) is 4.39 Å². The van der Waals surface area contributed by atoms with Gasteiger partial charge >= 0.3 is 0 Å². The van der Waals surface area contributed by atoms with Crippen LogP contribution in [0, 0.1) is 14.2 Å². The number of H-pyrrole nitrogens is 1. The number of hydrogen-bond donors (Lipinski definition) is 1. The Morgan fingerprint density at radius 2 is 2.16 bits per heavy atom. The summed E-state index contributed by atoms with van der Waals surface area (Å²) >= 11 is 7.20. The predicted octanol–water partition coefficient (Wildman–Crippen LogP) is 3.11. The van der Waals surface area contributed by atoms with Gasteiger partial charge in [-0.05, 0) is 40.9 Å².